The first-order chi connectivity index (χ1) is 11.5. The van der Waals surface area contributed by atoms with Crippen molar-refractivity contribution in [2.45, 2.75) is 98.1 Å². The molecule has 1 saturated heterocycles. The number of allylic oxidation sites excluding steroid dienone is 2. The number of rotatable bonds is 9. The van der Waals surface area contributed by atoms with E-state index in [1.165, 1.54) is 0 Å². The van der Waals surface area contributed by atoms with Crippen molar-refractivity contribution in [2.24, 2.45) is 5.41 Å². The molecule has 0 saturated carbocycles. The third-order valence-electron chi connectivity index (χ3n) is 5.35. The van der Waals surface area contributed by atoms with Crippen molar-refractivity contribution in [3.8, 4) is 0 Å². The molecule has 0 aromatic rings. The summed E-state index contributed by atoms with van der Waals surface area (Å²) in [6.45, 7) is 16.6. The molecule has 0 amide bonds. The highest BCUT2D eigenvalue weighted by atomic mass is 16.7. The fraction of sp³-hybridized carbons (Fsp3) is 0.850. The second-order valence-corrected chi connectivity index (χ2v) is 8.67. The van der Waals surface area contributed by atoms with Crippen molar-refractivity contribution in [2.75, 3.05) is 6.61 Å². The molecule has 5 heteroatoms. The molecule has 0 N–H and O–H groups in total. The summed E-state index contributed by atoms with van der Waals surface area (Å²) < 4.78 is 17.6. The minimum absolute atomic E-state index is 0.152. The fourth-order valence-corrected chi connectivity index (χ4v) is 2.77. The molecule has 1 fully saturated rings. The number of carbonyl (C=O) groups is 1. The molecule has 0 bridgehead atoms. The smallest absolute Gasteiger partial charge is 0.465 e. The van der Waals surface area contributed by atoms with Crippen LogP contribution in [0.1, 0.15) is 81.1 Å². The van der Waals surface area contributed by atoms with Gasteiger partial charge >= 0.3 is 13.1 Å². The Kier molecular flexibility index (Phi) is 7.76. The quantitative estimate of drug-likeness (QED) is 0.326. The van der Waals surface area contributed by atoms with Crippen LogP contribution in [0.2, 0.25) is 5.82 Å². The summed E-state index contributed by atoms with van der Waals surface area (Å²) in [7, 11) is -0.237. The van der Waals surface area contributed by atoms with Crippen molar-refractivity contribution in [3.63, 3.8) is 0 Å². The minimum atomic E-state index is -0.516. The second-order valence-electron chi connectivity index (χ2n) is 8.67. The Bertz CT molecular complexity index is 452. The van der Waals surface area contributed by atoms with E-state index in [4.69, 9.17) is 14.0 Å². The summed E-state index contributed by atoms with van der Waals surface area (Å²) in [5.74, 6) is 0.0411. The van der Waals surface area contributed by atoms with E-state index in [0.29, 0.717) is 13.0 Å². The maximum Gasteiger partial charge on any atom is 0.465 e. The van der Waals surface area contributed by atoms with Gasteiger partial charge in [0, 0.05) is 5.82 Å². The van der Waals surface area contributed by atoms with Crippen LogP contribution in [0.5, 0.6) is 0 Å². The number of hydrogen-bond donors (Lipinski definition) is 0. The van der Waals surface area contributed by atoms with Gasteiger partial charge in [-0.1, -0.05) is 31.9 Å². The molecule has 25 heavy (non-hydrogen) atoms. The van der Waals surface area contributed by atoms with Crippen LogP contribution in [0.3, 0.4) is 0 Å². The normalized spacial score (nSPS) is 20.9. The first kappa shape index (κ1) is 22.2. The fourth-order valence-electron chi connectivity index (χ4n) is 2.77. The molecular weight excluding hydrogens is 315 g/mol. The summed E-state index contributed by atoms with van der Waals surface area (Å²) in [5.41, 5.74) is -1.15. The molecule has 0 radical (unpaired) electrons. The predicted octanol–water partition coefficient (Wildman–Crippen LogP) is 5.17. The highest BCUT2D eigenvalue weighted by Crippen LogP contribution is 2.41. The van der Waals surface area contributed by atoms with Crippen molar-refractivity contribution < 1.29 is 18.8 Å². The van der Waals surface area contributed by atoms with Gasteiger partial charge in [-0.3, -0.25) is 4.79 Å². The van der Waals surface area contributed by atoms with Crippen LogP contribution in [-0.2, 0) is 18.8 Å². The minimum Gasteiger partial charge on any atom is -0.466 e. The van der Waals surface area contributed by atoms with E-state index in [1.54, 1.807) is 0 Å². The van der Waals surface area contributed by atoms with Gasteiger partial charge in [-0.2, -0.15) is 0 Å². The van der Waals surface area contributed by atoms with Crippen LogP contribution in [0.15, 0.2) is 12.2 Å². The highest BCUT2D eigenvalue weighted by Gasteiger charge is 2.53. The van der Waals surface area contributed by atoms with Gasteiger partial charge in [0.2, 0.25) is 0 Å². The molecule has 144 valence electrons. The Hall–Kier alpha value is -0.805. The third-order valence-corrected chi connectivity index (χ3v) is 5.35. The van der Waals surface area contributed by atoms with Crippen LogP contribution in [0.4, 0.5) is 0 Å². The van der Waals surface area contributed by atoms with Crippen LogP contribution in [0.25, 0.3) is 0 Å². The number of carbonyl (C=O) groups excluding carboxylic acids is 1. The second kappa shape index (κ2) is 8.72. The lowest BCUT2D eigenvalue weighted by Gasteiger charge is -2.32. The molecule has 0 aromatic heterocycles. The molecule has 1 heterocycles. The molecule has 1 aliphatic heterocycles. The zero-order chi connectivity index (χ0) is 19.3. The predicted molar refractivity (Wildman–Crippen MR) is 104 cm³/mol. The van der Waals surface area contributed by atoms with E-state index >= 15 is 0 Å². The summed E-state index contributed by atoms with van der Waals surface area (Å²) in [5, 5.41) is 0. The molecule has 0 aliphatic carbocycles. The largest absolute Gasteiger partial charge is 0.466 e. The first-order valence-electron chi connectivity index (χ1n) is 9.66. The summed E-state index contributed by atoms with van der Waals surface area (Å²) in [6, 6.07) is 0. The Labute approximate surface area is 154 Å². The Morgan fingerprint density at radius 1 is 1.16 bits per heavy atom. The lowest BCUT2D eigenvalue weighted by Crippen LogP contribution is -2.41. The van der Waals surface area contributed by atoms with E-state index in [2.05, 4.69) is 46.8 Å². The maximum absolute atomic E-state index is 12.0. The van der Waals surface area contributed by atoms with Gasteiger partial charge in [0.25, 0.3) is 0 Å². The molecule has 0 aromatic carbocycles. The summed E-state index contributed by atoms with van der Waals surface area (Å²) >= 11 is 0. The molecule has 1 unspecified atom stereocenters. The van der Waals surface area contributed by atoms with Crippen molar-refractivity contribution in [1.29, 1.82) is 0 Å². The van der Waals surface area contributed by atoms with E-state index in [9.17, 15) is 4.79 Å². The lowest BCUT2D eigenvalue weighted by atomic mass is 9.68. The average Bonchev–Trinajstić information content (AvgIpc) is 2.71. The van der Waals surface area contributed by atoms with Crippen LogP contribution in [-0.4, -0.2) is 30.9 Å². The number of hydrogen-bond acceptors (Lipinski definition) is 4. The van der Waals surface area contributed by atoms with E-state index in [0.717, 1.165) is 19.3 Å². The SMILES string of the molecule is CCCCC(/C=C/CC(C)(C)C(=O)OCC)B1OC(C)(C)C(C)(C)O1. The van der Waals surface area contributed by atoms with Crippen molar-refractivity contribution in [3.05, 3.63) is 12.2 Å². The Morgan fingerprint density at radius 2 is 1.72 bits per heavy atom. The number of unbranched alkanes of at least 4 members (excludes halogenated alkanes) is 1. The van der Waals surface area contributed by atoms with Crippen molar-refractivity contribution >= 4 is 13.1 Å². The van der Waals surface area contributed by atoms with Crippen LogP contribution < -0.4 is 0 Å². The van der Waals surface area contributed by atoms with E-state index in [1.807, 2.05) is 20.8 Å². The van der Waals surface area contributed by atoms with Gasteiger partial charge in [0.05, 0.1) is 23.2 Å². The van der Waals surface area contributed by atoms with E-state index in [-0.39, 0.29) is 30.1 Å². The van der Waals surface area contributed by atoms with Gasteiger partial charge < -0.3 is 14.0 Å². The summed E-state index contributed by atoms with van der Waals surface area (Å²) in [6.07, 6.45) is 8.18. The maximum atomic E-state index is 12.0. The lowest BCUT2D eigenvalue weighted by molar-refractivity contribution is -0.153. The molecule has 1 aliphatic rings. The monoisotopic (exact) mass is 352 g/mol. The average molecular weight is 352 g/mol. The molecule has 1 rings (SSSR count). The van der Waals surface area contributed by atoms with Gasteiger partial charge in [-0.05, 0) is 61.3 Å². The van der Waals surface area contributed by atoms with Crippen LogP contribution >= 0.6 is 0 Å². The van der Waals surface area contributed by atoms with E-state index < -0.39 is 5.41 Å². The third kappa shape index (κ3) is 5.85. The standard InChI is InChI=1S/C20H37BO4/c1-9-11-13-16(21-24-19(5,6)20(7,8)25-21)14-12-15-18(3,4)17(22)23-10-2/h12,14,16H,9-11,13,15H2,1-8H3/b14-12+. The van der Waals surface area contributed by atoms with Crippen LogP contribution in [0, 0.1) is 5.41 Å². The Balaban J connectivity index is 2.79. The molecule has 0 spiro atoms. The van der Waals surface area contributed by atoms with Gasteiger partial charge in [-0.25, -0.2) is 0 Å². The molecule has 1 atom stereocenters. The topological polar surface area (TPSA) is 44.8 Å². The number of ether oxygens (including phenoxy) is 1. The summed E-state index contributed by atoms with van der Waals surface area (Å²) in [4.78, 5) is 12.0. The first-order valence-corrected chi connectivity index (χ1v) is 9.66. The number of esters is 1. The van der Waals surface area contributed by atoms with Gasteiger partial charge in [-0.15, -0.1) is 0 Å². The molecular formula is C20H37BO4. The van der Waals surface area contributed by atoms with Crippen molar-refractivity contribution in [1.82, 2.24) is 0 Å². The highest BCUT2D eigenvalue weighted by molar-refractivity contribution is 6.48. The molecule has 4 nitrogen and oxygen atoms in total. The van der Waals surface area contributed by atoms with Gasteiger partial charge in [0.1, 0.15) is 0 Å². The zero-order valence-electron chi connectivity index (χ0n) is 17.5. The van der Waals surface area contributed by atoms with Gasteiger partial charge in [0.15, 0.2) is 0 Å². The Morgan fingerprint density at radius 3 is 2.20 bits per heavy atom. The zero-order valence-corrected chi connectivity index (χ0v) is 17.5.